The van der Waals surface area contributed by atoms with Crippen molar-refractivity contribution >= 4 is 0 Å². The average molecular weight is 276 g/mol. The molecule has 1 aromatic rings. The number of hydrogen-bond acceptors (Lipinski definition) is 3. The lowest BCUT2D eigenvalue weighted by Gasteiger charge is -2.36. The number of rotatable bonds is 5. The maximum absolute atomic E-state index is 6.46. The molecule has 1 aliphatic carbocycles. The van der Waals surface area contributed by atoms with Crippen molar-refractivity contribution in [1.29, 1.82) is 0 Å². The largest absolute Gasteiger partial charge is 0.492 e. The zero-order valence-electron chi connectivity index (χ0n) is 13.1. The molecule has 1 atom stereocenters. The van der Waals surface area contributed by atoms with Crippen LogP contribution >= 0.6 is 0 Å². The fourth-order valence-corrected chi connectivity index (χ4v) is 2.97. The number of hydrogen-bond donors (Lipinski definition) is 1. The van der Waals surface area contributed by atoms with E-state index in [2.05, 4.69) is 31.8 Å². The zero-order chi connectivity index (χ0) is 14.6. The highest BCUT2D eigenvalue weighted by atomic mass is 16.5. The maximum Gasteiger partial charge on any atom is 0.137 e. The van der Waals surface area contributed by atoms with Crippen molar-refractivity contribution < 1.29 is 4.74 Å². The topological polar surface area (TPSA) is 48.1 Å². The Bertz CT molecular complexity index is 421. The third-order valence-corrected chi connectivity index (χ3v) is 4.48. The van der Waals surface area contributed by atoms with E-state index in [1.165, 1.54) is 25.7 Å². The molecule has 0 aliphatic heterocycles. The van der Waals surface area contributed by atoms with Crippen LogP contribution in [0.15, 0.2) is 18.5 Å². The minimum absolute atomic E-state index is 0.0868. The van der Waals surface area contributed by atoms with Crippen molar-refractivity contribution in [2.45, 2.75) is 58.9 Å². The zero-order valence-corrected chi connectivity index (χ0v) is 13.1. The molecule has 0 saturated heterocycles. The Balaban J connectivity index is 2.00. The standard InChI is InChI=1S/C17H28N2O/c1-4-9-20-15-10-14(11-19-12-15)16(18)13-5-7-17(2,3)8-6-13/h10-13,16H,4-9,18H2,1-3H3. The van der Waals surface area contributed by atoms with Gasteiger partial charge in [-0.25, -0.2) is 0 Å². The summed E-state index contributed by atoms with van der Waals surface area (Å²) >= 11 is 0. The van der Waals surface area contributed by atoms with Gasteiger partial charge in [-0.1, -0.05) is 20.8 Å². The monoisotopic (exact) mass is 276 g/mol. The first-order valence-corrected chi connectivity index (χ1v) is 7.85. The number of nitrogens with zero attached hydrogens (tertiary/aromatic N) is 1. The predicted octanol–water partition coefficient (Wildman–Crippen LogP) is 4.09. The molecule has 0 radical (unpaired) electrons. The van der Waals surface area contributed by atoms with Crippen LogP contribution in [0.4, 0.5) is 0 Å². The van der Waals surface area contributed by atoms with Crippen LogP contribution in [-0.4, -0.2) is 11.6 Å². The summed E-state index contributed by atoms with van der Waals surface area (Å²) in [7, 11) is 0. The van der Waals surface area contributed by atoms with Crippen LogP contribution in [0.3, 0.4) is 0 Å². The van der Waals surface area contributed by atoms with Gasteiger partial charge in [0.25, 0.3) is 0 Å². The molecule has 3 heteroatoms. The summed E-state index contributed by atoms with van der Waals surface area (Å²) in [5, 5.41) is 0. The molecule has 0 aromatic carbocycles. The van der Waals surface area contributed by atoms with Gasteiger partial charge in [0.05, 0.1) is 12.8 Å². The SMILES string of the molecule is CCCOc1cncc(C(N)C2CCC(C)(C)CC2)c1. The lowest BCUT2D eigenvalue weighted by molar-refractivity contribution is 0.173. The van der Waals surface area contributed by atoms with E-state index in [4.69, 9.17) is 10.5 Å². The molecule has 1 aliphatic rings. The van der Waals surface area contributed by atoms with E-state index in [1.807, 2.05) is 6.20 Å². The Kier molecular flexibility index (Phi) is 5.03. The molecule has 3 nitrogen and oxygen atoms in total. The first-order chi connectivity index (χ1) is 9.52. The van der Waals surface area contributed by atoms with Gasteiger partial charge in [-0.15, -0.1) is 0 Å². The molecule has 0 spiro atoms. The van der Waals surface area contributed by atoms with Gasteiger partial charge in [-0.05, 0) is 55.1 Å². The fourth-order valence-electron chi connectivity index (χ4n) is 2.97. The first-order valence-electron chi connectivity index (χ1n) is 7.85. The molecule has 2 rings (SSSR count). The highest BCUT2D eigenvalue weighted by molar-refractivity contribution is 5.26. The smallest absolute Gasteiger partial charge is 0.137 e. The van der Waals surface area contributed by atoms with Crippen molar-refractivity contribution in [2.75, 3.05) is 6.61 Å². The second kappa shape index (κ2) is 6.57. The van der Waals surface area contributed by atoms with Crippen molar-refractivity contribution in [2.24, 2.45) is 17.1 Å². The summed E-state index contributed by atoms with van der Waals surface area (Å²) in [6.07, 6.45) is 9.64. The van der Waals surface area contributed by atoms with E-state index in [9.17, 15) is 0 Å². The molecule has 20 heavy (non-hydrogen) atoms. The van der Waals surface area contributed by atoms with Crippen molar-refractivity contribution in [3.8, 4) is 5.75 Å². The predicted molar refractivity (Wildman–Crippen MR) is 82.7 cm³/mol. The Morgan fingerprint density at radius 2 is 2.05 bits per heavy atom. The van der Waals surface area contributed by atoms with Gasteiger partial charge in [0, 0.05) is 12.2 Å². The molecule has 1 heterocycles. The van der Waals surface area contributed by atoms with Gasteiger partial charge in [0.1, 0.15) is 5.75 Å². The molecular weight excluding hydrogens is 248 g/mol. The van der Waals surface area contributed by atoms with Crippen LogP contribution in [0.5, 0.6) is 5.75 Å². The van der Waals surface area contributed by atoms with Gasteiger partial charge in [-0.3, -0.25) is 4.98 Å². The van der Waals surface area contributed by atoms with Gasteiger partial charge in [0.15, 0.2) is 0 Å². The van der Waals surface area contributed by atoms with E-state index < -0.39 is 0 Å². The second-order valence-electron chi connectivity index (χ2n) is 6.83. The maximum atomic E-state index is 6.46. The van der Waals surface area contributed by atoms with Crippen molar-refractivity contribution in [3.05, 3.63) is 24.0 Å². The van der Waals surface area contributed by atoms with E-state index in [0.29, 0.717) is 11.3 Å². The Morgan fingerprint density at radius 3 is 2.70 bits per heavy atom. The number of pyridine rings is 1. The summed E-state index contributed by atoms with van der Waals surface area (Å²) in [5.74, 6) is 1.42. The quantitative estimate of drug-likeness (QED) is 0.881. The van der Waals surface area contributed by atoms with Gasteiger partial charge in [0.2, 0.25) is 0 Å². The molecule has 2 N–H and O–H groups in total. The molecule has 112 valence electrons. The minimum Gasteiger partial charge on any atom is -0.492 e. The van der Waals surface area contributed by atoms with Gasteiger partial charge in [-0.2, -0.15) is 0 Å². The highest BCUT2D eigenvalue weighted by Gasteiger charge is 2.30. The molecule has 0 amide bonds. The molecule has 0 bridgehead atoms. The normalized spacial score (nSPS) is 20.6. The third-order valence-electron chi connectivity index (χ3n) is 4.48. The van der Waals surface area contributed by atoms with Crippen LogP contribution in [0.2, 0.25) is 0 Å². The number of aromatic nitrogens is 1. The van der Waals surface area contributed by atoms with Crippen LogP contribution < -0.4 is 10.5 Å². The summed E-state index contributed by atoms with van der Waals surface area (Å²) in [4.78, 5) is 4.28. The summed E-state index contributed by atoms with van der Waals surface area (Å²) in [5.41, 5.74) is 8.06. The van der Waals surface area contributed by atoms with Crippen LogP contribution in [0.1, 0.15) is 64.5 Å². The fraction of sp³-hybridized carbons (Fsp3) is 0.706. The average Bonchev–Trinajstić information content (AvgIpc) is 2.45. The van der Waals surface area contributed by atoms with Crippen molar-refractivity contribution in [1.82, 2.24) is 4.98 Å². The molecule has 1 saturated carbocycles. The van der Waals surface area contributed by atoms with Crippen molar-refractivity contribution in [3.63, 3.8) is 0 Å². The van der Waals surface area contributed by atoms with Gasteiger partial charge < -0.3 is 10.5 Å². The van der Waals surface area contributed by atoms with E-state index >= 15 is 0 Å². The molecule has 1 unspecified atom stereocenters. The first kappa shape index (κ1) is 15.3. The lowest BCUT2D eigenvalue weighted by atomic mass is 9.70. The Labute approximate surface area is 122 Å². The Hall–Kier alpha value is -1.09. The summed E-state index contributed by atoms with van der Waals surface area (Å²) < 4.78 is 5.65. The van der Waals surface area contributed by atoms with Crippen LogP contribution in [0.25, 0.3) is 0 Å². The minimum atomic E-state index is 0.0868. The second-order valence-corrected chi connectivity index (χ2v) is 6.83. The molecule has 1 fully saturated rings. The van der Waals surface area contributed by atoms with Gasteiger partial charge >= 0.3 is 0 Å². The highest BCUT2D eigenvalue weighted by Crippen LogP contribution is 2.42. The number of nitrogens with two attached hydrogens (primary N) is 1. The van der Waals surface area contributed by atoms with Crippen LogP contribution in [-0.2, 0) is 0 Å². The Morgan fingerprint density at radius 1 is 1.35 bits per heavy atom. The van der Waals surface area contributed by atoms with E-state index in [-0.39, 0.29) is 6.04 Å². The van der Waals surface area contributed by atoms with E-state index in [1.54, 1.807) is 6.20 Å². The lowest BCUT2D eigenvalue weighted by Crippen LogP contribution is -2.29. The van der Waals surface area contributed by atoms with E-state index in [0.717, 1.165) is 24.3 Å². The summed E-state index contributed by atoms with van der Waals surface area (Å²) in [6, 6.07) is 2.15. The summed E-state index contributed by atoms with van der Waals surface area (Å²) in [6.45, 7) is 7.55. The number of ether oxygens (including phenoxy) is 1. The molecular formula is C17H28N2O. The molecule has 1 aromatic heterocycles. The van der Waals surface area contributed by atoms with Crippen LogP contribution in [0, 0.1) is 11.3 Å². The third kappa shape index (κ3) is 3.95.